The summed E-state index contributed by atoms with van der Waals surface area (Å²) in [6.07, 6.45) is 8.21. The highest BCUT2D eigenvalue weighted by Gasteiger charge is 2.07. The SMILES string of the molecule is C#CCCCC(CN)c1ccccc1. The second kappa shape index (κ2) is 6.23. The molecule has 0 aliphatic heterocycles. The lowest BCUT2D eigenvalue weighted by atomic mass is 9.94. The summed E-state index contributed by atoms with van der Waals surface area (Å²) < 4.78 is 0. The van der Waals surface area contributed by atoms with Gasteiger partial charge in [0.25, 0.3) is 0 Å². The molecule has 1 heteroatoms. The number of hydrogen-bond acceptors (Lipinski definition) is 1. The predicted octanol–water partition coefficient (Wildman–Crippen LogP) is 2.53. The van der Waals surface area contributed by atoms with E-state index in [2.05, 4.69) is 30.2 Å². The zero-order valence-corrected chi connectivity index (χ0v) is 8.45. The second-order valence-corrected chi connectivity index (χ2v) is 3.44. The number of hydrogen-bond donors (Lipinski definition) is 1. The Morgan fingerprint density at radius 2 is 2.00 bits per heavy atom. The van der Waals surface area contributed by atoms with Crippen LogP contribution in [0.5, 0.6) is 0 Å². The Bertz CT molecular complexity index is 284. The molecule has 1 nitrogen and oxygen atoms in total. The zero-order chi connectivity index (χ0) is 10.2. The van der Waals surface area contributed by atoms with Crippen molar-refractivity contribution in [2.24, 2.45) is 5.73 Å². The molecule has 1 atom stereocenters. The van der Waals surface area contributed by atoms with Crippen molar-refractivity contribution in [1.82, 2.24) is 0 Å². The van der Waals surface area contributed by atoms with E-state index in [1.54, 1.807) is 0 Å². The first kappa shape index (κ1) is 10.8. The van der Waals surface area contributed by atoms with Gasteiger partial charge in [0.2, 0.25) is 0 Å². The normalized spacial score (nSPS) is 12.0. The van der Waals surface area contributed by atoms with E-state index in [9.17, 15) is 0 Å². The number of benzene rings is 1. The van der Waals surface area contributed by atoms with Crippen molar-refractivity contribution < 1.29 is 0 Å². The molecular formula is C13H17N. The molecule has 0 saturated heterocycles. The number of terminal acetylenes is 1. The van der Waals surface area contributed by atoms with Crippen molar-refractivity contribution in [3.63, 3.8) is 0 Å². The van der Waals surface area contributed by atoms with Crippen molar-refractivity contribution in [3.05, 3.63) is 35.9 Å². The lowest BCUT2D eigenvalue weighted by Gasteiger charge is -2.13. The number of nitrogens with two attached hydrogens (primary N) is 1. The van der Waals surface area contributed by atoms with Crippen molar-refractivity contribution >= 4 is 0 Å². The summed E-state index contributed by atoms with van der Waals surface area (Å²) in [7, 11) is 0. The van der Waals surface area contributed by atoms with Crippen molar-refractivity contribution in [2.75, 3.05) is 6.54 Å². The molecule has 1 aromatic rings. The maximum atomic E-state index is 5.74. The summed E-state index contributed by atoms with van der Waals surface area (Å²) in [5.41, 5.74) is 7.06. The number of unbranched alkanes of at least 4 members (excludes halogenated alkanes) is 1. The standard InChI is InChI=1S/C13H17N/c1-2-3-5-10-13(11-14)12-8-6-4-7-9-12/h1,4,6-9,13H,3,5,10-11,14H2. The van der Waals surface area contributed by atoms with Gasteiger partial charge in [-0.2, -0.15) is 0 Å². The zero-order valence-electron chi connectivity index (χ0n) is 8.45. The van der Waals surface area contributed by atoms with Gasteiger partial charge in [0.1, 0.15) is 0 Å². The highest BCUT2D eigenvalue weighted by atomic mass is 14.5. The Balaban J connectivity index is 2.51. The Labute approximate surface area is 86.3 Å². The monoisotopic (exact) mass is 187 g/mol. The molecule has 0 fully saturated rings. The smallest absolute Gasteiger partial charge is 0.00862 e. The first-order valence-corrected chi connectivity index (χ1v) is 5.07. The van der Waals surface area contributed by atoms with Crippen LogP contribution in [-0.4, -0.2) is 6.54 Å². The van der Waals surface area contributed by atoms with Crippen LogP contribution >= 0.6 is 0 Å². The van der Waals surface area contributed by atoms with E-state index in [0.29, 0.717) is 12.5 Å². The predicted molar refractivity (Wildman–Crippen MR) is 60.9 cm³/mol. The molecule has 0 bridgehead atoms. The lowest BCUT2D eigenvalue weighted by Crippen LogP contribution is -2.12. The molecule has 1 rings (SSSR count). The maximum Gasteiger partial charge on any atom is 0.00862 e. The molecule has 0 heterocycles. The van der Waals surface area contributed by atoms with Crippen LogP contribution in [0.15, 0.2) is 30.3 Å². The van der Waals surface area contributed by atoms with Crippen LogP contribution in [0.3, 0.4) is 0 Å². The summed E-state index contributed by atoms with van der Waals surface area (Å²) in [6, 6.07) is 10.4. The molecule has 2 N–H and O–H groups in total. The third-order valence-corrected chi connectivity index (χ3v) is 2.43. The maximum absolute atomic E-state index is 5.74. The van der Waals surface area contributed by atoms with Crippen molar-refractivity contribution in [2.45, 2.75) is 25.2 Å². The van der Waals surface area contributed by atoms with Gasteiger partial charge in [0.15, 0.2) is 0 Å². The average molecular weight is 187 g/mol. The van der Waals surface area contributed by atoms with E-state index in [4.69, 9.17) is 12.2 Å². The quantitative estimate of drug-likeness (QED) is 0.556. The molecule has 0 aromatic heterocycles. The Morgan fingerprint density at radius 1 is 1.29 bits per heavy atom. The van der Waals surface area contributed by atoms with Crippen LogP contribution in [-0.2, 0) is 0 Å². The Morgan fingerprint density at radius 3 is 2.57 bits per heavy atom. The van der Waals surface area contributed by atoms with Gasteiger partial charge < -0.3 is 5.73 Å². The minimum absolute atomic E-state index is 0.463. The van der Waals surface area contributed by atoms with E-state index in [1.165, 1.54) is 5.56 Å². The van der Waals surface area contributed by atoms with Gasteiger partial charge in [-0.05, 0) is 30.9 Å². The molecule has 0 aliphatic carbocycles. The summed E-state index contributed by atoms with van der Waals surface area (Å²) in [5, 5.41) is 0. The molecule has 74 valence electrons. The highest BCUT2D eigenvalue weighted by Crippen LogP contribution is 2.20. The van der Waals surface area contributed by atoms with Crippen LogP contribution in [0.1, 0.15) is 30.7 Å². The fraction of sp³-hybridized carbons (Fsp3) is 0.385. The number of rotatable bonds is 5. The fourth-order valence-electron chi connectivity index (χ4n) is 1.60. The van der Waals surface area contributed by atoms with Gasteiger partial charge in [-0.25, -0.2) is 0 Å². The average Bonchev–Trinajstić information content (AvgIpc) is 2.26. The second-order valence-electron chi connectivity index (χ2n) is 3.44. The lowest BCUT2D eigenvalue weighted by molar-refractivity contribution is 0.607. The van der Waals surface area contributed by atoms with E-state index < -0.39 is 0 Å². The molecule has 0 radical (unpaired) electrons. The van der Waals surface area contributed by atoms with Gasteiger partial charge in [-0.15, -0.1) is 12.3 Å². The van der Waals surface area contributed by atoms with Crippen molar-refractivity contribution in [1.29, 1.82) is 0 Å². The highest BCUT2D eigenvalue weighted by molar-refractivity contribution is 5.19. The molecule has 14 heavy (non-hydrogen) atoms. The molecule has 0 aliphatic rings. The summed E-state index contributed by atoms with van der Waals surface area (Å²) in [6.45, 7) is 0.703. The molecule has 0 saturated carbocycles. The molecule has 0 spiro atoms. The van der Waals surface area contributed by atoms with Gasteiger partial charge in [0.05, 0.1) is 0 Å². The van der Waals surface area contributed by atoms with Gasteiger partial charge in [-0.1, -0.05) is 30.3 Å². The van der Waals surface area contributed by atoms with E-state index in [-0.39, 0.29) is 0 Å². The minimum atomic E-state index is 0.463. The van der Waals surface area contributed by atoms with Crippen LogP contribution in [0.25, 0.3) is 0 Å². The Kier molecular flexibility index (Phi) is 4.82. The summed E-state index contributed by atoms with van der Waals surface area (Å²) in [5.74, 6) is 3.12. The molecule has 1 unspecified atom stereocenters. The summed E-state index contributed by atoms with van der Waals surface area (Å²) in [4.78, 5) is 0. The topological polar surface area (TPSA) is 26.0 Å². The molecule has 1 aromatic carbocycles. The third-order valence-electron chi connectivity index (χ3n) is 2.43. The van der Waals surface area contributed by atoms with E-state index >= 15 is 0 Å². The van der Waals surface area contributed by atoms with Gasteiger partial charge >= 0.3 is 0 Å². The van der Waals surface area contributed by atoms with Gasteiger partial charge in [-0.3, -0.25) is 0 Å². The minimum Gasteiger partial charge on any atom is -0.330 e. The fourth-order valence-corrected chi connectivity index (χ4v) is 1.60. The van der Waals surface area contributed by atoms with Crippen molar-refractivity contribution in [3.8, 4) is 12.3 Å². The van der Waals surface area contributed by atoms with E-state index in [0.717, 1.165) is 19.3 Å². The summed E-state index contributed by atoms with van der Waals surface area (Å²) >= 11 is 0. The third kappa shape index (κ3) is 3.24. The van der Waals surface area contributed by atoms with Gasteiger partial charge in [0, 0.05) is 6.42 Å². The van der Waals surface area contributed by atoms with Crippen LogP contribution < -0.4 is 5.73 Å². The first-order chi connectivity index (χ1) is 6.88. The van der Waals surface area contributed by atoms with Crippen LogP contribution in [0, 0.1) is 12.3 Å². The molecule has 0 amide bonds. The first-order valence-electron chi connectivity index (χ1n) is 5.07. The van der Waals surface area contributed by atoms with E-state index in [1.807, 2.05) is 6.07 Å². The molecular weight excluding hydrogens is 170 g/mol. The van der Waals surface area contributed by atoms with Crippen LogP contribution in [0.4, 0.5) is 0 Å². The largest absolute Gasteiger partial charge is 0.330 e. The van der Waals surface area contributed by atoms with Crippen LogP contribution in [0.2, 0.25) is 0 Å². The Hall–Kier alpha value is -1.26.